The average Bonchev–Trinajstić information content (AvgIpc) is 1.63. The van der Waals surface area contributed by atoms with E-state index in [1.54, 1.807) is 0 Å². The Kier molecular flexibility index (Phi) is 3.07. The van der Waals surface area contributed by atoms with Crippen LogP contribution in [-0.4, -0.2) is 32.5 Å². The minimum atomic E-state index is -2.05. The largest absolute Gasteiger partial charge is 0.368 e. The Hall–Kier alpha value is -0.160. The van der Waals surface area contributed by atoms with E-state index in [0.29, 0.717) is 0 Å². The predicted molar refractivity (Wildman–Crippen MR) is 30.0 cm³/mol. The van der Waals surface area contributed by atoms with Gasteiger partial charge in [0.15, 0.2) is 12.1 Å². The topological polar surface area (TPSA) is 80.9 Å². The first kappa shape index (κ1) is 8.84. The molecule has 0 saturated heterocycles. The molecule has 0 aliphatic heterocycles. The molecule has 4 N–H and O–H groups in total. The van der Waals surface area contributed by atoms with E-state index < -0.39 is 18.5 Å². The summed E-state index contributed by atoms with van der Waals surface area (Å²) in [6.07, 6.45) is -2.34. The molecule has 9 heavy (non-hydrogen) atoms. The van der Waals surface area contributed by atoms with Gasteiger partial charge in [-0.3, -0.25) is 0 Å². The van der Waals surface area contributed by atoms with Crippen LogP contribution in [0.15, 0.2) is 0 Å². The average molecular weight is 135 g/mol. The zero-order chi connectivity index (χ0) is 7.49. The van der Waals surface area contributed by atoms with Gasteiger partial charge in [0.1, 0.15) is 0 Å². The number of aliphatic hydroxyl groups excluding tert-OH is 1. The summed E-state index contributed by atoms with van der Waals surface area (Å²) in [5, 5.41) is 33.8. The van der Waals surface area contributed by atoms with Crippen LogP contribution in [0.4, 0.5) is 0 Å². The molecule has 0 aliphatic rings. The number of hydrogen-bond acceptors (Lipinski definition) is 4. The van der Waals surface area contributed by atoms with E-state index in [1.807, 2.05) is 0 Å². The van der Waals surface area contributed by atoms with Gasteiger partial charge < -0.3 is 20.4 Å². The zero-order valence-electron chi connectivity index (χ0n) is 4.99. The molecule has 0 aromatic carbocycles. The van der Waals surface area contributed by atoms with E-state index in [-0.39, 0.29) is 6.42 Å². The van der Waals surface area contributed by atoms with Crippen LogP contribution in [0.3, 0.4) is 0 Å². The van der Waals surface area contributed by atoms with Gasteiger partial charge in [0.2, 0.25) is 0 Å². The molecule has 4 heteroatoms. The van der Waals surface area contributed by atoms with Crippen LogP contribution in [0.25, 0.3) is 0 Å². The van der Waals surface area contributed by atoms with E-state index in [1.165, 1.54) is 0 Å². The van der Waals surface area contributed by atoms with Crippen molar-refractivity contribution in [3.8, 4) is 0 Å². The molecule has 0 bridgehead atoms. The quantitative estimate of drug-likeness (QED) is 0.358. The Labute approximate surface area is 53.4 Å². The molecule has 0 heterocycles. The van der Waals surface area contributed by atoms with Gasteiger partial charge in [-0.05, 0) is 6.92 Å². The Morgan fingerprint density at radius 3 is 1.89 bits per heavy atom. The van der Waals surface area contributed by atoms with Crippen LogP contribution in [0, 0.1) is 6.92 Å². The van der Waals surface area contributed by atoms with Gasteiger partial charge >= 0.3 is 0 Å². The molecule has 1 radical (unpaired) electrons. The van der Waals surface area contributed by atoms with E-state index in [0.717, 1.165) is 0 Å². The Bertz CT molecular complexity index is 79.0. The lowest BCUT2D eigenvalue weighted by molar-refractivity contribution is -0.205. The van der Waals surface area contributed by atoms with Crippen molar-refractivity contribution in [1.29, 1.82) is 0 Å². The summed E-state index contributed by atoms with van der Waals surface area (Å²) in [7, 11) is 0. The van der Waals surface area contributed by atoms with Crippen LogP contribution >= 0.6 is 0 Å². The Balaban J connectivity index is 3.58. The normalized spacial score (nSPS) is 12.7. The fourth-order valence-corrected chi connectivity index (χ4v) is 0.394. The van der Waals surface area contributed by atoms with Crippen molar-refractivity contribution in [3.63, 3.8) is 0 Å². The maximum Gasteiger partial charge on any atom is 0.167 e. The third-order valence-corrected chi connectivity index (χ3v) is 0.910. The summed E-state index contributed by atoms with van der Waals surface area (Å²) in [4.78, 5) is 0. The second kappa shape index (κ2) is 3.12. The molecular formula is C5H11O4. The van der Waals surface area contributed by atoms with Gasteiger partial charge in [0.25, 0.3) is 0 Å². The van der Waals surface area contributed by atoms with Crippen LogP contribution in [0.1, 0.15) is 12.8 Å². The van der Waals surface area contributed by atoms with E-state index in [4.69, 9.17) is 20.4 Å². The maximum atomic E-state index is 8.67. The van der Waals surface area contributed by atoms with Crippen molar-refractivity contribution in [3.05, 3.63) is 6.92 Å². The summed E-state index contributed by atoms with van der Waals surface area (Å²) in [6.45, 7) is 3.19. The van der Waals surface area contributed by atoms with Gasteiger partial charge in [-0.25, -0.2) is 0 Å². The highest BCUT2D eigenvalue weighted by Gasteiger charge is 2.22. The molecule has 0 unspecified atom stereocenters. The van der Waals surface area contributed by atoms with Crippen LogP contribution in [-0.2, 0) is 0 Å². The summed E-state index contributed by atoms with van der Waals surface area (Å²) >= 11 is 0. The van der Waals surface area contributed by atoms with Crippen molar-refractivity contribution >= 4 is 0 Å². The summed E-state index contributed by atoms with van der Waals surface area (Å²) < 4.78 is 0. The maximum absolute atomic E-state index is 8.67. The molecule has 0 aromatic heterocycles. The van der Waals surface area contributed by atoms with Gasteiger partial charge in [-0.2, -0.15) is 0 Å². The van der Waals surface area contributed by atoms with Crippen molar-refractivity contribution in [2.75, 3.05) is 0 Å². The standard InChI is InChI=1S/C5H11O4/c1-2-5(8,9)3-4(6)7/h4,6-9H,1-3H2. The highest BCUT2D eigenvalue weighted by atomic mass is 16.5. The van der Waals surface area contributed by atoms with Crippen LogP contribution in [0.2, 0.25) is 0 Å². The van der Waals surface area contributed by atoms with E-state index in [9.17, 15) is 0 Å². The first-order valence-corrected chi connectivity index (χ1v) is 2.58. The molecule has 0 rings (SSSR count). The molecule has 0 spiro atoms. The summed E-state index contributed by atoms with van der Waals surface area (Å²) in [5.41, 5.74) is 0. The third-order valence-electron chi connectivity index (χ3n) is 0.910. The fraction of sp³-hybridized carbons (Fsp3) is 0.800. The minimum absolute atomic E-state index is 0.162. The zero-order valence-corrected chi connectivity index (χ0v) is 4.99. The second-order valence-corrected chi connectivity index (χ2v) is 1.92. The molecule has 0 atom stereocenters. The monoisotopic (exact) mass is 135 g/mol. The van der Waals surface area contributed by atoms with Gasteiger partial charge in [-0.15, -0.1) is 0 Å². The summed E-state index contributed by atoms with van der Waals surface area (Å²) in [5.74, 6) is -2.05. The number of hydrogen-bond donors (Lipinski definition) is 4. The summed E-state index contributed by atoms with van der Waals surface area (Å²) in [6, 6.07) is 0. The molecule has 0 amide bonds. The van der Waals surface area contributed by atoms with Gasteiger partial charge in [0, 0.05) is 6.42 Å². The fourth-order valence-electron chi connectivity index (χ4n) is 0.394. The lowest BCUT2D eigenvalue weighted by Crippen LogP contribution is -2.32. The van der Waals surface area contributed by atoms with Crippen molar-refractivity contribution < 1.29 is 20.4 Å². The van der Waals surface area contributed by atoms with Gasteiger partial charge in [0.05, 0.1) is 6.42 Å². The highest BCUT2D eigenvalue weighted by molar-refractivity contribution is 4.65. The molecule has 4 nitrogen and oxygen atoms in total. The Morgan fingerprint density at radius 2 is 1.78 bits per heavy atom. The van der Waals surface area contributed by atoms with Crippen molar-refractivity contribution in [2.24, 2.45) is 0 Å². The SMILES string of the molecule is [CH2]CC(O)(O)CC(O)O. The van der Waals surface area contributed by atoms with E-state index >= 15 is 0 Å². The second-order valence-electron chi connectivity index (χ2n) is 1.92. The molecule has 55 valence electrons. The van der Waals surface area contributed by atoms with Crippen molar-refractivity contribution in [1.82, 2.24) is 0 Å². The molecule has 0 aromatic rings. The van der Waals surface area contributed by atoms with Crippen LogP contribution in [0.5, 0.6) is 0 Å². The van der Waals surface area contributed by atoms with Crippen LogP contribution < -0.4 is 0 Å². The Morgan fingerprint density at radius 1 is 1.33 bits per heavy atom. The van der Waals surface area contributed by atoms with Crippen molar-refractivity contribution in [2.45, 2.75) is 24.9 Å². The van der Waals surface area contributed by atoms with Gasteiger partial charge in [-0.1, -0.05) is 0 Å². The lowest BCUT2D eigenvalue weighted by Gasteiger charge is -2.19. The van der Waals surface area contributed by atoms with E-state index in [2.05, 4.69) is 6.92 Å². The molecule has 0 fully saturated rings. The third kappa shape index (κ3) is 4.35. The highest BCUT2D eigenvalue weighted by Crippen LogP contribution is 2.10. The smallest absolute Gasteiger partial charge is 0.167 e. The first-order valence-electron chi connectivity index (χ1n) is 2.58. The number of aliphatic hydroxyl groups is 4. The number of rotatable bonds is 3. The lowest BCUT2D eigenvalue weighted by atomic mass is 10.1. The minimum Gasteiger partial charge on any atom is -0.368 e. The molecule has 0 aliphatic carbocycles. The molecular weight excluding hydrogens is 124 g/mol. The molecule has 0 saturated carbocycles. The first-order chi connectivity index (χ1) is 3.98. The predicted octanol–water partition coefficient (Wildman–Crippen LogP) is -1.41.